The second-order valence-corrected chi connectivity index (χ2v) is 2.60. The maximum absolute atomic E-state index is 10.5. The van der Waals surface area contributed by atoms with Crippen LogP contribution in [0.5, 0.6) is 11.5 Å². The average Bonchev–Trinajstić information content (AvgIpc) is 1.81. The molecule has 0 heterocycles. The molecule has 0 unspecified atom stereocenters. The first-order valence-corrected chi connectivity index (χ1v) is 3.57. The van der Waals surface area contributed by atoms with Crippen molar-refractivity contribution in [2.24, 2.45) is 0 Å². The zero-order valence-electron chi connectivity index (χ0n) is 7.00. The normalized spacial score (nSPS) is 9.50. The Morgan fingerprint density at radius 3 is 2.58 bits per heavy atom. The number of hydrogen-bond donors (Lipinski definition) is 1. The number of phenols is 1. The van der Waals surface area contributed by atoms with Gasteiger partial charge in [-0.15, -0.1) is 0 Å². The summed E-state index contributed by atoms with van der Waals surface area (Å²) in [5, 5.41) is 9.12. The van der Waals surface area contributed by atoms with E-state index in [1.165, 1.54) is 13.0 Å². The van der Waals surface area contributed by atoms with E-state index in [0.29, 0.717) is 5.75 Å². The topological polar surface area (TPSA) is 46.5 Å². The molecular formula is C9H10O3. The molecular weight excluding hydrogens is 156 g/mol. The number of hydrogen-bond acceptors (Lipinski definition) is 3. The molecule has 0 aliphatic heterocycles. The van der Waals surface area contributed by atoms with Crippen molar-refractivity contribution in [2.45, 2.75) is 13.8 Å². The minimum atomic E-state index is -0.389. The van der Waals surface area contributed by atoms with Crippen molar-refractivity contribution in [1.82, 2.24) is 0 Å². The zero-order chi connectivity index (χ0) is 9.14. The van der Waals surface area contributed by atoms with E-state index in [1.54, 1.807) is 12.1 Å². The highest BCUT2D eigenvalue weighted by molar-refractivity contribution is 5.69. The predicted octanol–water partition coefficient (Wildman–Crippen LogP) is 1.63. The van der Waals surface area contributed by atoms with Gasteiger partial charge in [0.2, 0.25) is 0 Å². The maximum atomic E-state index is 10.5. The van der Waals surface area contributed by atoms with Crippen molar-refractivity contribution < 1.29 is 14.6 Å². The van der Waals surface area contributed by atoms with E-state index in [0.717, 1.165) is 5.56 Å². The van der Waals surface area contributed by atoms with Crippen LogP contribution in [0, 0.1) is 6.92 Å². The number of rotatable bonds is 1. The summed E-state index contributed by atoms with van der Waals surface area (Å²) in [5.74, 6) is 0.0891. The van der Waals surface area contributed by atoms with Crippen LogP contribution >= 0.6 is 0 Å². The van der Waals surface area contributed by atoms with Crippen LogP contribution in [0.4, 0.5) is 0 Å². The quantitative estimate of drug-likeness (QED) is 0.509. The van der Waals surface area contributed by atoms with Crippen molar-refractivity contribution in [2.75, 3.05) is 0 Å². The molecule has 0 radical (unpaired) electrons. The molecule has 0 aliphatic rings. The lowest BCUT2D eigenvalue weighted by atomic mass is 10.2. The summed E-state index contributed by atoms with van der Waals surface area (Å²) >= 11 is 0. The maximum Gasteiger partial charge on any atom is 0.308 e. The van der Waals surface area contributed by atoms with Gasteiger partial charge in [0.25, 0.3) is 0 Å². The molecule has 0 aromatic heterocycles. The Balaban J connectivity index is 2.93. The largest absolute Gasteiger partial charge is 0.508 e. The van der Waals surface area contributed by atoms with Gasteiger partial charge in [-0.2, -0.15) is 0 Å². The number of phenolic OH excluding ortho intramolecular Hbond substituents is 1. The Morgan fingerprint density at radius 1 is 1.42 bits per heavy atom. The molecule has 0 amide bonds. The first kappa shape index (κ1) is 8.59. The molecule has 0 fully saturated rings. The number of aromatic hydroxyl groups is 1. The predicted molar refractivity (Wildman–Crippen MR) is 44.2 cm³/mol. The van der Waals surface area contributed by atoms with E-state index in [4.69, 9.17) is 9.84 Å². The molecule has 0 atom stereocenters. The Kier molecular flexibility index (Phi) is 2.33. The highest BCUT2D eigenvalue weighted by Gasteiger charge is 2.00. The second kappa shape index (κ2) is 3.26. The van der Waals surface area contributed by atoms with Gasteiger partial charge in [0.1, 0.15) is 11.5 Å². The lowest BCUT2D eigenvalue weighted by molar-refractivity contribution is -0.131. The van der Waals surface area contributed by atoms with Crippen molar-refractivity contribution in [3.63, 3.8) is 0 Å². The van der Waals surface area contributed by atoms with Gasteiger partial charge in [0, 0.05) is 13.0 Å². The highest BCUT2D eigenvalue weighted by atomic mass is 16.5. The van der Waals surface area contributed by atoms with Crippen LogP contribution in [0.15, 0.2) is 18.2 Å². The third-order valence-electron chi connectivity index (χ3n) is 1.30. The molecule has 3 heteroatoms. The monoisotopic (exact) mass is 166 g/mol. The number of benzene rings is 1. The molecule has 1 aromatic rings. The number of esters is 1. The van der Waals surface area contributed by atoms with E-state index in [-0.39, 0.29) is 11.7 Å². The fourth-order valence-electron chi connectivity index (χ4n) is 0.953. The average molecular weight is 166 g/mol. The Hall–Kier alpha value is -1.51. The van der Waals surface area contributed by atoms with Gasteiger partial charge in [-0.1, -0.05) is 0 Å². The van der Waals surface area contributed by atoms with Gasteiger partial charge in [0.15, 0.2) is 0 Å². The van der Waals surface area contributed by atoms with Crippen LogP contribution in [-0.2, 0) is 4.79 Å². The number of carbonyl (C=O) groups is 1. The molecule has 64 valence electrons. The van der Waals surface area contributed by atoms with E-state index in [2.05, 4.69) is 0 Å². The van der Waals surface area contributed by atoms with E-state index in [9.17, 15) is 4.79 Å². The van der Waals surface area contributed by atoms with Crippen LogP contribution in [-0.4, -0.2) is 11.1 Å². The van der Waals surface area contributed by atoms with Crippen molar-refractivity contribution >= 4 is 5.97 Å². The van der Waals surface area contributed by atoms with Crippen LogP contribution in [0.1, 0.15) is 12.5 Å². The van der Waals surface area contributed by atoms with E-state index < -0.39 is 0 Å². The Morgan fingerprint density at radius 2 is 2.08 bits per heavy atom. The van der Waals surface area contributed by atoms with Gasteiger partial charge < -0.3 is 9.84 Å². The summed E-state index contributed by atoms with van der Waals surface area (Å²) in [7, 11) is 0. The Labute approximate surface area is 70.6 Å². The van der Waals surface area contributed by atoms with Gasteiger partial charge >= 0.3 is 5.97 Å². The lowest BCUT2D eigenvalue weighted by Crippen LogP contribution is -2.01. The van der Waals surface area contributed by atoms with Gasteiger partial charge in [-0.05, 0) is 24.6 Å². The fraction of sp³-hybridized carbons (Fsp3) is 0.222. The van der Waals surface area contributed by atoms with Gasteiger partial charge in [-0.3, -0.25) is 4.79 Å². The molecule has 1 N–H and O–H groups in total. The molecule has 0 spiro atoms. The molecule has 0 saturated heterocycles. The van der Waals surface area contributed by atoms with Crippen molar-refractivity contribution in [3.05, 3.63) is 23.8 Å². The number of ether oxygens (including phenoxy) is 1. The minimum Gasteiger partial charge on any atom is -0.508 e. The SMILES string of the molecule is CC(=O)Oc1cc(C)cc(O)c1. The van der Waals surface area contributed by atoms with E-state index in [1.807, 2.05) is 6.92 Å². The van der Waals surface area contributed by atoms with Crippen molar-refractivity contribution in [1.29, 1.82) is 0 Å². The molecule has 1 aromatic carbocycles. The first-order chi connectivity index (χ1) is 5.58. The second-order valence-electron chi connectivity index (χ2n) is 2.60. The van der Waals surface area contributed by atoms with E-state index >= 15 is 0 Å². The summed E-state index contributed by atoms with van der Waals surface area (Å²) in [5.41, 5.74) is 0.853. The summed E-state index contributed by atoms with van der Waals surface area (Å²) in [6, 6.07) is 4.67. The first-order valence-electron chi connectivity index (χ1n) is 3.57. The van der Waals surface area contributed by atoms with Crippen LogP contribution in [0.2, 0.25) is 0 Å². The minimum absolute atomic E-state index is 0.103. The van der Waals surface area contributed by atoms with Gasteiger partial charge in [0.05, 0.1) is 0 Å². The Bertz CT molecular complexity index is 284. The summed E-state index contributed by atoms with van der Waals surface area (Å²) in [6.45, 7) is 3.13. The molecule has 1 rings (SSSR count). The smallest absolute Gasteiger partial charge is 0.308 e. The molecule has 0 saturated carbocycles. The molecule has 3 nitrogen and oxygen atoms in total. The molecule has 0 aliphatic carbocycles. The van der Waals surface area contributed by atoms with Crippen LogP contribution < -0.4 is 4.74 Å². The number of aryl methyl sites for hydroxylation is 1. The van der Waals surface area contributed by atoms with Crippen LogP contribution in [0.25, 0.3) is 0 Å². The van der Waals surface area contributed by atoms with Crippen molar-refractivity contribution in [3.8, 4) is 11.5 Å². The fourth-order valence-corrected chi connectivity index (χ4v) is 0.953. The lowest BCUT2D eigenvalue weighted by Gasteiger charge is -2.02. The summed E-state index contributed by atoms with van der Waals surface area (Å²) in [4.78, 5) is 10.5. The van der Waals surface area contributed by atoms with Gasteiger partial charge in [-0.25, -0.2) is 0 Å². The third kappa shape index (κ3) is 2.27. The standard InChI is InChI=1S/C9H10O3/c1-6-3-8(11)5-9(4-6)12-7(2)10/h3-5,11H,1-2H3. The zero-order valence-corrected chi connectivity index (χ0v) is 7.00. The van der Waals surface area contributed by atoms with Crippen LogP contribution in [0.3, 0.4) is 0 Å². The summed E-state index contributed by atoms with van der Waals surface area (Å²) < 4.78 is 4.78. The highest BCUT2D eigenvalue weighted by Crippen LogP contribution is 2.20. The number of carbonyl (C=O) groups excluding carboxylic acids is 1. The molecule has 0 bridgehead atoms. The third-order valence-corrected chi connectivity index (χ3v) is 1.30. The summed E-state index contributed by atoms with van der Waals surface area (Å²) in [6.07, 6.45) is 0. The molecule has 12 heavy (non-hydrogen) atoms.